The Morgan fingerprint density at radius 2 is 1.12 bits per heavy atom. The number of hydrogen-bond acceptors (Lipinski definition) is 0. The Balaban J connectivity index is 1.40. The zero-order valence-electron chi connectivity index (χ0n) is 14.2. The Hall–Kier alpha value is -2.00. The highest BCUT2D eigenvalue weighted by Gasteiger charge is 2.51. The first-order valence-corrected chi connectivity index (χ1v) is 9.47. The van der Waals surface area contributed by atoms with Gasteiger partial charge in [-0.3, -0.25) is 0 Å². The molecule has 6 rings (SSSR count). The lowest BCUT2D eigenvalue weighted by atomic mass is 9.48. The van der Waals surface area contributed by atoms with E-state index >= 15 is 0 Å². The first kappa shape index (κ1) is 14.4. The Morgan fingerprint density at radius 3 is 1.67 bits per heavy atom. The molecule has 4 saturated carbocycles. The summed E-state index contributed by atoms with van der Waals surface area (Å²) in [6.45, 7) is 0. The van der Waals surface area contributed by atoms with Crippen LogP contribution in [0.3, 0.4) is 0 Å². The Labute approximate surface area is 145 Å². The fourth-order valence-corrected chi connectivity index (χ4v) is 6.04. The second kappa shape index (κ2) is 5.52. The van der Waals surface area contributed by atoms with Gasteiger partial charge in [0.2, 0.25) is 0 Å². The predicted molar refractivity (Wildman–Crippen MR) is 98.7 cm³/mol. The molecule has 0 spiro atoms. The van der Waals surface area contributed by atoms with E-state index in [4.69, 9.17) is 0 Å². The number of hydrogen-bond donors (Lipinski definition) is 0. The molecule has 0 heteroatoms. The summed E-state index contributed by atoms with van der Waals surface area (Å²) in [5.41, 5.74) is 4.31. The summed E-state index contributed by atoms with van der Waals surface area (Å²) in [6, 6.07) is 19.5. The average molecular weight is 312 g/mol. The van der Waals surface area contributed by atoms with Gasteiger partial charge in [0.05, 0.1) is 0 Å². The van der Waals surface area contributed by atoms with E-state index in [0.717, 1.165) is 28.9 Å². The van der Waals surface area contributed by atoms with Gasteiger partial charge in [-0.05, 0) is 91.5 Å². The lowest BCUT2D eigenvalue weighted by Gasteiger charge is -2.57. The van der Waals surface area contributed by atoms with Gasteiger partial charge in [0.25, 0.3) is 0 Å². The molecular weight excluding hydrogens is 288 g/mol. The van der Waals surface area contributed by atoms with Crippen LogP contribution in [0, 0.1) is 29.6 Å². The van der Waals surface area contributed by atoms with Crippen LogP contribution >= 0.6 is 0 Å². The van der Waals surface area contributed by atoms with E-state index in [1.807, 2.05) is 18.2 Å². The third-order valence-electron chi connectivity index (χ3n) is 6.66. The second-order valence-electron chi connectivity index (χ2n) is 8.39. The lowest BCUT2D eigenvalue weighted by Crippen LogP contribution is -2.48. The van der Waals surface area contributed by atoms with Crippen molar-refractivity contribution in [2.24, 2.45) is 17.8 Å². The SMILES string of the molecule is C(#Cc1ccc(C23CC4CC(CC(C4)C2)C3)cc1)c1ccccc1. The molecule has 0 nitrogen and oxygen atoms in total. The molecule has 0 unspecified atom stereocenters. The van der Waals surface area contributed by atoms with E-state index < -0.39 is 0 Å². The maximum atomic E-state index is 3.31. The molecule has 0 N–H and O–H groups in total. The van der Waals surface area contributed by atoms with Gasteiger partial charge in [-0.15, -0.1) is 0 Å². The van der Waals surface area contributed by atoms with Crippen molar-refractivity contribution in [3.8, 4) is 11.8 Å². The Morgan fingerprint density at radius 1 is 0.625 bits per heavy atom. The first-order chi connectivity index (χ1) is 11.8. The van der Waals surface area contributed by atoms with E-state index in [-0.39, 0.29) is 0 Å². The molecule has 120 valence electrons. The molecule has 0 aliphatic heterocycles. The van der Waals surface area contributed by atoms with Crippen LogP contribution in [-0.2, 0) is 5.41 Å². The topological polar surface area (TPSA) is 0 Å². The number of rotatable bonds is 1. The zero-order valence-corrected chi connectivity index (χ0v) is 14.2. The van der Waals surface area contributed by atoms with Crippen LogP contribution in [0.4, 0.5) is 0 Å². The second-order valence-corrected chi connectivity index (χ2v) is 8.39. The Kier molecular flexibility index (Phi) is 3.30. The van der Waals surface area contributed by atoms with Gasteiger partial charge in [-0.1, -0.05) is 42.2 Å². The highest BCUT2D eigenvalue weighted by molar-refractivity contribution is 5.44. The van der Waals surface area contributed by atoms with Gasteiger partial charge >= 0.3 is 0 Å². The van der Waals surface area contributed by atoms with E-state index in [2.05, 4.69) is 48.2 Å². The summed E-state index contributed by atoms with van der Waals surface area (Å²) in [5, 5.41) is 0. The summed E-state index contributed by atoms with van der Waals surface area (Å²) in [4.78, 5) is 0. The highest BCUT2D eigenvalue weighted by Crippen LogP contribution is 2.60. The zero-order chi connectivity index (χ0) is 16.0. The molecule has 0 aromatic heterocycles. The van der Waals surface area contributed by atoms with Gasteiger partial charge in [0.15, 0.2) is 0 Å². The molecular formula is C24H24. The average Bonchev–Trinajstić information content (AvgIpc) is 2.60. The molecule has 0 saturated heterocycles. The molecule has 0 amide bonds. The summed E-state index contributed by atoms with van der Waals surface area (Å²) in [5.74, 6) is 9.60. The van der Waals surface area contributed by atoms with Crippen molar-refractivity contribution in [1.29, 1.82) is 0 Å². The van der Waals surface area contributed by atoms with Gasteiger partial charge in [0, 0.05) is 11.1 Å². The van der Waals surface area contributed by atoms with Gasteiger partial charge in [0.1, 0.15) is 0 Å². The summed E-state index contributed by atoms with van der Waals surface area (Å²) in [7, 11) is 0. The standard InChI is InChI=1S/C24H24/c1-2-4-18(5-3-1)6-7-19-8-10-23(11-9-19)24-15-20-12-21(16-24)14-22(13-20)17-24/h1-5,8-11,20-22H,12-17H2. The van der Waals surface area contributed by atoms with Gasteiger partial charge in [-0.25, -0.2) is 0 Å². The van der Waals surface area contributed by atoms with Crippen molar-refractivity contribution in [1.82, 2.24) is 0 Å². The fourth-order valence-electron chi connectivity index (χ4n) is 6.04. The quantitative estimate of drug-likeness (QED) is 0.605. The van der Waals surface area contributed by atoms with Crippen LogP contribution in [0.15, 0.2) is 54.6 Å². The minimum atomic E-state index is 0.500. The van der Waals surface area contributed by atoms with Crippen LogP contribution < -0.4 is 0 Å². The van der Waals surface area contributed by atoms with Crippen molar-refractivity contribution >= 4 is 0 Å². The largest absolute Gasteiger partial charge is 0.0622 e. The normalized spacial score (nSPS) is 33.1. The molecule has 24 heavy (non-hydrogen) atoms. The molecule has 2 aromatic carbocycles. The van der Waals surface area contributed by atoms with Crippen LogP contribution in [0.2, 0.25) is 0 Å². The molecule has 0 heterocycles. The highest BCUT2D eigenvalue weighted by atomic mass is 14.6. The number of benzene rings is 2. The van der Waals surface area contributed by atoms with Crippen LogP contribution in [0.25, 0.3) is 0 Å². The van der Waals surface area contributed by atoms with Gasteiger partial charge < -0.3 is 0 Å². The molecule has 0 atom stereocenters. The Bertz CT molecular complexity index is 750. The molecule has 4 aliphatic rings. The van der Waals surface area contributed by atoms with Crippen molar-refractivity contribution in [3.63, 3.8) is 0 Å². The van der Waals surface area contributed by atoms with E-state index in [1.165, 1.54) is 38.5 Å². The van der Waals surface area contributed by atoms with Crippen molar-refractivity contribution in [3.05, 3.63) is 71.3 Å². The summed E-state index contributed by atoms with van der Waals surface area (Å²) < 4.78 is 0. The summed E-state index contributed by atoms with van der Waals surface area (Å²) in [6.07, 6.45) is 8.86. The molecule has 4 aliphatic carbocycles. The monoisotopic (exact) mass is 312 g/mol. The van der Waals surface area contributed by atoms with E-state index in [9.17, 15) is 0 Å². The third kappa shape index (κ3) is 2.48. The third-order valence-corrected chi connectivity index (χ3v) is 6.66. The molecule has 0 radical (unpaired) electrons. The fraction of sp³-hybridized carbons (Fsp3) is 0.417. The lowest BCUT2D eigenvalue weighted by molar-refractivity contribution is -0.00518. The predicted octanol–water partition coefficient (Wildman–Crippen LogP) is 5.55. The molecule has 4 bridgehead atoms. The molecule has 2 aromatic rings. The van der Waals surface area contributed by atoms with Crippen LogP contribution in [0.1, 0.15) is 55.2 Å². The first-order valence-electron chi connectivity index (χ1n) is 9.47. The van der Waals surface area contributed by atoms with Crippen molar-refractivity contribution < 1.29 is 0 Å². The van der Waals surface area contributed by atoms with Crippen LogP contribution in [0.5, 0.6) is 0 Å². The minimum Gasteiger partial charge on any atom is -0.0622 e. The van der Waals surface area contributed by atoms with Gasteiger partial charge in [-0.2, -0.15) is 0 Å². The van der Waals surface area contributed by atoms with Crippen molar-refractivity contribution in [2.75, 3.05) is 0 Å². The minimum absolute atomic E-state index is 0.500. The smallest absolute Gasteiger partial charge is 0.0249 e. The molecule has 4 fully saturated rings. The van der Waals surface area contributed by atoms with Crippen LogP contribution in [-0.4, -0.2) is 0 Å². The van der Waals surface area contributed by atoms with E-state index in [0.29, 0.717) is 5.41 Å². The maximum Gasteiger partial charge on any atom is 0.0249 e. The summed E-state index contributed by atoms with van der Waals surface area (Å²) >= 11 is 0. The maximum absolute atomic E-state index is 3.31. The van der Waals surface area contributed by atoms with E-state index in [1.54, 1.807) is 5.56 Å². The van der Waals surface area contributed by atoms with Crippen molar-refractivity contribution in [2.45, 2.75) is 43.9 Å².